The van der Waals surface area contributed by atoms with Crippen LogP contribution in [0.3, 0.4) is 0 Å². The van der Waals surface area contributed by atoms with Gasteiger partial charge in [0.05, 0.1) is 5.75 Å². The molecule has 0 aliphatic heterocycles. The molecular weight excluding hydrogens is 501 g/mol. The van der Waals surface area contributed by atoms with Gasteiger partial charge in [0, 0.05) is 36.5 Å². The van der Waals surface area contributed by atoms with Gasteiger partial charge in [0.25, 0.3) is 5.91 Å². The van der Waals surface area contributed by atoms with Gasteiger partial charge in [-0.05, 0) is 42.7 Å². The molecule has 0 aliphatic carbocycles. The van der Waals surface area contributed by atoms with E-state index in [1.165, 1.54) is 18.9 Å². The number of hydrogen-bond acceptors (Lipinski definition) is 3. The van der Waals surface area contributed by atoms with E-state index in [1.54, 1.807) is 61.5 Å². The normalized spacial score (nSPS) is 13.0. The zero-order valence-electron chi connectivity index (χ0n) is 19.7. The summed E-state index contributed by atoms with van der Waals surface area (Å²) in [6.07, 6.45) is -3.69. The molecule has 1 amide bonds. The molecule has 0 radical (unpaired) electrons. The molecule has 1 heterocycles. The highest BCUT2D eigenvalue weighted by atomic mass is 35.5. The molecule has 0 saturated heterocycles. The van der Waals surface area contributed by atoms with Crippen LogP contribution in [-0.4, -0.2) is 48.9 Å². The van der Waals surface area contributed by atoms with E-state index in [-0.39, 0.29) is 29.1 Å². The van der Waals surface area contributed by atoms with Crippen LogP contribution in [0.25, 0.3) is 11.1 Å². The van der Waals surface area contributed by atoms with Gasteiger partial charge in [0.2, 0.25) is 0 Å². The highest BCUT2D eigenvalue weighted by molar-refractivity contribution is 7.90. The number of carbonyl (C=O) groups excluding carboxylic acids is 1. The first-order valence-electron chi connectivity index (χ1n) is 10.8. The molecule has 5 nitrogen and oxygen atoms in total. The SMILES string of the molecule is Cc1c(-c2ccc(Cl)cc2)c(C(=O)N(C)C(C)CS(C)(=O)=O)n(Cc2ccccc2)c1C(F)(F)F. The van der Waals surface area contributed by atoms with Crippen molar-refractivity contribution in [1.29, 1.82) is 0 Å². The second kappa shape index (κ2) is 10.1. The molecular formula is C25H26ClF3N2O3S. The number of nitrogens with zero attached hydrogens (tertiary/aromatic N) is 2. The Balaban J connectivity index is 2.31. The van der Waals surface area contributed by atoms with Crippen LogP contribution in [0.5, 0.6) is 0 Å². The van der Waals surface area contributed by atoms with Gasteiger partial charge in [-0.3, -0.25) is 4.79 Å². The molecule has 1 unspecified atom stereocenters. The molecule has 0 aliphatic rings. The maximum absolute atomic E-state index is 14.4. The lowest BCUT2D eigenvalue weighted by atomic mass is 10.00. The molecule has 0 spiro atoms. The van der Waals surface area contributed by atoms with Crippen molar-refractivity contribution in [3.63, 3.8) is 0 Å². The summed E-state index contributed by atoms with van der Waals surface area (Å²) in [6.45, 7) is 2.69. The van der Waals surface area contributed by atoms with Crippen LogP contribution in [0.15, 0.2) is 54.6 Å². The molecule has 1 aromatic heterocycles. The fourth-order valence-corrected chi connectivity index (χ4v) is 5.37. The van der Waals surface area contributed by atoms with E-state index in [0.29, 0.717) is 16.1 Å². The Morgan fingerprint density at radius 2 is 1.66 bits per heavy atom. The zero-order valence-corrected chi connectivity index (χ0v) is 21.3. The van der Waals surface area contributed by atoms with E-state index in [9.17, 15) is 26.4 Å². The van der Waals surface area contributed by atoms with E-state index in [1.807, 2.05) is 0 Å². The summed E-state index contributed by atoms with van der Waals surface area (Å²) in [6, 6.07) is 14.0. The van der Waals surface area contributed by atoms with E-state index in [2.05, 4.69) is 0 Å². The van der Waals surface area contributed by atoms with Crippen molar-refractivity contribution >= 4 is 27.3 Å². The van der Waals surface area contributed by atoms with Crippen molar-refractivity contribution in [2.45, 2.75) is 32.6 Å². The van der Waals surface area contributed by atoms with Gasteiger partial charge in [-0.1, -0.05) is 54.1 Å². The minimum absolute atomic E-state index is 0.0942. The fourth-order valence-electron chi connectivity index (χ4n) is 4.14. The average Bonchev–Trinajstić information content (AvgIpc) is 3.04. The third-order valence-corrected chi connectivity index (χ3v) is 7.16. The zero-order chi connectivity index (χ0) is 26.1. The first-order chi connectivity index (χ1) is 16.2. The van der Waals surface area contributed by atoms with Crippen molar-refractivity contribution < 1.29 is 26.4 Å². The molecule has 35 heavy (non-hydrogen) atoms. The van der Waals surface area contributed by atoms with Crippen LogP contribution in [0, 0.1) is 6.92 Å². The third kappa shape index (κ3) is 6.08. The average molecular weight is 527 g/mol. The Kier molecular flexibility index (Phi) is 7.71. The number of hydrogen-bond donors (Lipinski definition) is 0. The predicted molar refractivity (Wildman–Crippen MR) is 131 cm³/mol. The molecule has 3 aromatic rings. The van der Waals surface area contributed by atoms with Crippen molar-refractivity contribution in [2.75, 3.05) is 19.1 Å². The number of rotatable bonds is 7. The summed E-state index contributed by atoms with van der Waals surface area (Å²) in [5.41, 5.74) is -0.0764. The topological polar surface area (TPSA) is 59.4 Å². The van der Waals surface area contributed by atoms with Crippen LogP contribution in [-0.2, 0) is 22.6 Å². The number of aromatic nitrogens is 1. The van der Waals surface area contributed by atoms with Crippen LogP contribution >= 0.6 is 11.6 Å². The number of amides is 1. The first kappa shape index (κ1) is 26.8. The number of alkyl halides is 3. The van der Waals surface area contributed by atoms with Crippen LogP contribution < -0.4 is 0 Å². The monoisotopic (exact) mass is 526 g/mol. The van der Waals surface area contributed by atoms with Crippen LogP contribution in [0.1, 0.15) is 34.2 Å². The third-order valence-electron chi connectivity index (χ3n) is 5.82. The highest BCUT2D eigenvalue weighted by Crippen LogP contribution is 2.42. The molecule has 0 saturated carbocycles. The van der Waals surface area contributed by atoms with Gasteiger partial charge in [-0.2, -0.15) is 13.2 Å². The van der Waals surface area contributed by atoms with E-state index >= 15 is 0 Å². The maximum atomic E-state index is 14.4. The molecule has 2 aromatic carbocycles. The fraction of sp³-hybridized carbons (Fsp3) is 0.320. The van der Waals surface area contributed by atoms with Crippen LogP contribution in [0.2, 0.25) is 5.02 Å². The van der Waals surface area contributed by atoms with Gasteiger partial charge in [-0.25, -0.2) is 8.42 Å². The van der Waals surface area contributed by atoms with Gasteiger partial charge < -0.3 is 9.47 Å². The highest BCUT2D eigenvalue weighted by Gasteiger charge is 2.42. The number of carbonyl (C=O) groups is 1. The molecule has 1 atom stereocenters. The van der Waals surface area contributed by atoms with Crippen molar-refractivity contribution in [3.05, 3.63) is 82.1 Å². The molecule has 0 fully saturated rings. The van der Waals surface area contributed by atoms with Crippen molar-refractivity contribution in [1.82, 2.24) is 9.47 Å². The number of benzene rings is 2. The van der Waals surface area contributed by atoms with E-state index < -0.39 is 33.7 Å². The van der Waals surface area contributed by atoms with Gasteiger partial charge in [-0.15, -0.1) is 0 Å². The molecule has 188 valence electrons. The molecule has 0 bridgehead atoms. The van der Waals surface area contributed by atoms with Crippen molar-refractivity contribution in [3.8, 4) is 11.1 Å². The minimum atomic E-state index is -4.74. The summed E-state index contributed by atoms with van der Waals surface area (Å²) < 4.78 is 67.8. The summed E-state index contributed by atoms with van der Waals surface area (Å²) in [7, 11) is -2.04. The lowest BCUT2D eigenvalue weighted by Crippen LogP contribution is -2.40. The molecule has 0 N–H and O–H groups in total. The van der Waals surface area contributed by atoms with Crippen molar-refractivity contribution in [2.24, 2.45) is 0 Å². The van der Waals surface area contributed by atoms with Crippen LogP contribution in [0.4, 0.5) is 13.2 Å². The molecule has 3 rings (SSSR count). The molecule has 10 heteroatoms. The quantitative estimate of drug-likeness (QED) is 0.397. The second-order valence-electron chi connectivity index (χ2n) is 8.63. The summed E-state index contributed by atoms with van der Waals surface area (Å²) in [5, 5.41) is 0.401. The van der Waals surface area contributed by atoms with E-state index in [0.717, 1.165) is 10.8 Å². The summed E-state index contributed by atoms with van der Waals surface area (Å²) >= 11 is 5.99. The van der Waals surface area contributed by atoms with Gasteiger partial charge in [0.1, 0.15) is 21.2 Å². The summed E-state index contributed by atoms with van der Waals surface area (Å²) in [5.74, 6) is -1.03. The minimum Gasteiger partial charge on any atom is -0.337 e. The van der Waals surface area contributed by atoms with E-state index in [4.69, 9.17) is 11.6 Å². The predicted octanol–water partition coefficient (Wildman–Crippen LogP) is 5.69. The lowest BCUT2D eigenvalue weighted by Gasteiger charge is -2.26. The van der Waals surface area contributed by atoms with Gasteiger partial charge >= 0.3 is 6.18 Å². The second-order valence-corrected chi connectivity index (χ2v) is 11.3. The largest absolute Gasteiger partial charge is 0.431 e. The Labute approximate surface area is 208 Å². The lowest BCUT2D eigenvalue weighted by molar-refractivity contribution is -0.143. The Hall–Kier alpha value is -2.78. The maximum Gasteiger partial charge on any atom is 0.431 e. The number of sulfone groups is 1. The van der Waals surface area contributed by atoms with Gasteiger partial charge in [0.15, 0.2) is 0 Å². The first-order valence-corrected chi connectivity index (χ1v) is 13.2. The smallest absolute Gasteiger partial charge is 0.337 e. The summed E-state index contributed by atoms with van der Waals surface area (Å²) in [4.78, 5) is 14.9. The Bertz CT molecular complexity index is 1320. The standard InChI is InChI=1S/C25H26ClF3N2O3S/c1-16(15-35(4,33)34)30(3)24(32)22-21(19-10-12-20(26)13-11-19)17(2)23(25(27,28)29)31(22)14-18-8-6-5-7-9-18/h5-13,16H,14-15H2,1-4H3. The Morgan fingerprint density at radius 3 is 2.17 bits per heavy atom. The Morgan fingerprint density at radius 1 is 1.09 bits per heavy atom. The number of halogens is 4.